The fourth-order valence-corrected chi connectivity index (χ4v) is 3.69. The molecule has 7 heteroatoms. The van der Waals surface area contributed by atoms with E-state index in [4.69, 9.17) is 9.47 Å². The van der Waals surface area contributed by atoms with Crippen molar-refractivity contribution in [1.29, 1.82) is 0 Å². The molecule has 0 bridgehead atoms. The first kappa shape index (κ1) is 17.2. The molecule has 22 heavy (non-hydrogen) atoms. The molecule has 0 amide bonds. The summed E-state index contributed by atoms with van der Waals surface area (Å²) in [5, 5.41) is 3.18. The van der Waals surface area contributed by atoms with Crippen LogP contribution in [0, 0.1) is 0 Å². The number of nitrogens with zero attached hydrogens (tertiary/aromatic N) is 1. The zero-order chi connectivity index (χ0) is 15.8. The van der Waals surface area contributed by atoms with Crippen LogP contribution in [0.1, 0.15) is 12.5 Å². The minimum atomic E-state index is -3.20. The van der Waals surface area contributed by atoms with Crippen molar-refractivity contribution < 1.29 is 17.9 Å². The molecule has 0 atom stereocenters. The largest absolute Gasteiger partial charge is 0.494 e. The van der Waals surface area contributed by atoms with Gasteiger partial charge in [0.05, 0.1) is 25.6 Å². The second-order valence-electron chi connectivity index (χ2n) is 5.04. The van der Waals surface area contributed by atoms with Gasteiger partial charge >= 0.3 is 0 Å². The molecule has 6 nitrogen and oxygen atoms in total. The summed E-state index contributed by atoms with van der Waals surface area (Å²) in [7, 11) is -3.20. The highest BCUT2D eigenvalue weighted by atomic mass is 32.2. The van der Waals surface area contributed by atoms with Gasteiger partial charge in [0.1, 0.15) is 5.75 Å². The molecular weight excluding hydrogens is 304 g/mol. The van der Waals surface area contributed by atoms with Crippen molar-refractivity contribution in [1.82, 2.24) is 9.62 Å². The summed E-state index contributed by atoms with van der Waals surface area (Å²) in [6, 6.07) is 7.78. The summed E-state index contributed by atoms with van der Waals surface area (Å²) in [5.41, 5.74) is 1.04. The molecule has 0 unspecified atom stereocenters. The SMILES string of the molecule is CCOc1ccccc1CNCCS(=O)(=O)N1CCOCC1. The van der Waals surface area contributed by atoms with Gasteiger partial charge in [-0.15, -0.1) is 0 Å². The highest BCUT2D eigenvalue weighted by molar-refractivity contribution is 7.89. The monoisotopic (exact) mass is 328 g/mol. The standard InChI is InChI=1S/C15H24N2O4S/c1-2-21-15-6-4-3-5-14(15)13-16-7-12-22(18,19)17-8-10-20-11-9-17/h3-6,16H,2,7-13H2,1H3. The molecule has 0 spiro atoms. The van der Waals surface area contributed by atoms with Crippen LogP contribution in [0.15, 0.2) is 24.3 Å². The van der Waals surface area contributed by atoms with Crippen LogP contribution in [0.5, 0.6) is 5.75 Å². The normalized spacial score (nSPS) is 16.6. The minimum Gasteiger partial charge on any atom is -0.494 e. The number of sulfonamides is 1. The second-order valence-corrected chi connectivity index (χ2v) is 7.13. The molecule has 1 aromatic rings. The lowest BCUT2D eigenvalue weighted by Crippen LogP contribution is -2.43. The lowest BCUT2D eigenvalue weighted by molar-refractivity contribution is 0.0730. The van der Waals surface area contributed by atoms with E-state index in [1.54, 1.807) is 0 Å². The second kappa shape index (κ2) is 8.47. The van der Waals surface area contributed by atoms with Gasteiger partial charge in [-0.05, 0) is 13.0 Å². The number of hydrogen-bond acceptors (Lipinski definition) is 5. The van der Waals surface area contributed by atoms with Crippen molar-refractivity contribution in [2.24, 2.45) is 0 Å². The minimum absolute atomic E-state index is 0.101. The molecule has 2 rings (SSSR count). The van der Waals surface area contributed by atoms with E-state index in [9.17, 15) is 8.42 Å². The first-order valence-corrected chi connectivity index (χ1v) is 9.21. The molecule has 1 saturated heterocycles. The zero-order valence-corrected chi connectivity index (χ0v) is 13.8. The summed E-state index contributed by atoms with van der Waals surface area (Å²) in [4.78, 5) is 0. The Labute approximate surface area is 132 Å². The molecule has 0 radical (unpaired) electrons. The van der Waals surface area contributed by atoms with Crippen molar-refractivity contribution in [2.45, 2.75) is 13.5 Å². The van der Waals surface area contributed by atoms with E-state index in [2.05, 4.69) is 5.32 Å². The first-order chi connectivity index (χ1) is 10.6. The summed E-state index contributed by atoms with van der Waals surface area (Å²) in [6.07, 6.45) is 0. The lowest BCUT2D eigenvalue weighted by Gasteiger charge is -2.26. The molecule has 0 aliphatic carbocycles. The van der Waals surface area contributed by atoms with Gasteiger partial charge in [0.25, 0.3) is 0 Å². The Balaban J connectivity index is 1.79. The van der Waals surface area contributed by atoms with Gasteiger partial charge in [-0.2, -0.15) is 4.31 Å². The number of nitrogens with one attached hydrogen (secondary N) is 1. The Bertz CT molecular complexity index is 556. The van der Waals surface area contributed by atoms with Crippen LogP contribution in [0.3, 0.4) is 0 Å². The molecule has 0 saturated carbocycles. The topological polar surface area (TPSA) is 67.9 Å². The van der Waals surface area contributed by atoms with E-state index < -0.39 is 10.0 Å². The third-order valence-electron chi connectivity index (χ3n) is 3.49. The molecular formula is C15H24N2O4S. The van der Waals surface area contributed by atoms with Gasteiger partial charge in [-0.25, -0.2) is 8.42 Å². The first-order valence-electron chi connectivity index (χ1n) is 7.60. The van der Waals surface area contributed by atoms with Crippen LogP contribution in [-0.2, 0) is 21.3 Å². The zero-order valence-electron chi connectivity index (χ0n) is 13.0. The number of para-hydroxylation sites is 1. The summed E-state index contributed by atoms with van der Waals surface area (Å²) < 4.78 is 36.6. The molecule has 124 valence electrons. The van der Waals surface area contributed by atoms with Gasteiger partial charge in [0.15, 0.2) is 0 Å². The fourth-order valence-electron chi connectivity index (χ4n) is 2.32. The average Bonchev–Trinajstić information content (AvgIpc) is 2.54. The quantitative estimate of drug-likeness (QED) is 0.716. The molecule has 1 aliphatic heterocycles. The van der Waals surface area contributed by atoms with E-state index in [1.165, 1.54) is 4.31 Å². The van der Waals surface area contributed by atoms with Crippen molar-refractivity contribution in [2.75, 3.05) is 45.2 Å². The Morgan fingerprint density at radius 1 is 1.27 bits per heavy atom. The van der Waals surface area contributed by atoms with Crippen LogP contribution < -0.4 is 10.1 Å². The summed E-state index contributed by atoms with van der Waals surface area (Å²) in [6.45, 7) is 5.43. The predicted octanol–water partition coefficient (Wildman–Crippen LogP) is 0.837. The van der Waals surface area contributed by atoms with Crippen LogP contribution >= 0.6 is 0 Å². The average molecular weight is 328 g/mol. The van der Waals surface area contributed by atoms with E-state index >= 15 is 0 Å². The third-order valence-corrected chi connectivity index (χ3v) is 5.36. The number of ether oxygens (including phenoxy) is 2. The van der Waals surface area contributed by atoms with Crippen LogP contribution in [0.25, 0.3) is 0 Å². The van der Waals surface area contributed by atoms with Crippen LogP contribution in [0.4, 0.5) is 0 Å². The Kier molecular flexibility index (Phi) is 6.63. The third kappa shape index (κ3) is 4.95. The highest BCUT2D eigenvalue weighted by Gasteiger charge is 2.23. The Hall–Kier alpha value is -1.15. The van der Waals surface area contributed by atoms with Crippen molar-refractivity contribution >= 4 is 10.0 Å². The van der Waals surface area contributed by atoms with Gasteiger partial charge in [-0.3, -0.25) is 0 Å². The smallest absolute Gasteiger partial charge is 0.215 e. The Morgan fingerprint density at radius 3 is 2.73 bits per heavy atom. The van der Waals surface area contributed by atoms with Gasteiger partial charge in [-0.1, -0.05) is 18.2 Å². The number of rotatable bonds is 8. The van der Waals surface area contributed by atoms with Gasteiger partial charge < -0.3 is 14.8 Å². The van der Waals surface area contributed by atoms with E-state index in [-0.39, 0.29) is 5.75 Å². The van der Waals surface area contributed by atoms with Crippen molar-refractivity contribution in [3.8, 4) is 5.75 Å². The maximum Gasteiger partial charge on any atom is 0.215 e. The van der Waals surface area contributed by atoms with Crippen molar-refractivity contribution in [3.05, 3.63) is 29.8 Å². The van der Waals surface area contributed by atoms with Crippen LogP contribution in [-0.4, -0.2) is 57.9 Å². The number of morpholine rings is 1. The van der Waals surface area contributed by atoms with E-state index in [1.807, 2.05) is 31.2 Å². The van der Waals surface area contributed by atoms with Crippen molar-refractivity contribution in [3.63, 3.8) is 0 Å². The summed E-state index contributed by atoms with van der Waals surface area (Å²) >= 11 is 0. The van der Waals surface area contributed by atoms with Gasteiger partial charge in [0, 0.05) is 31.7 Å². The van der Waals surface area contributed by atoms with Crippen LogP contribution in [0.2, 0.25) is 0 Å². The maximum absolute atomic E-state index is 12.2. The lowest BCUT2D eigenvalue weighted by atomic mass is 10.2. The molecule has 1 aromatic carbocycles. The molecule has 1 heterocycles. The summed E-state index contributed by atoms with van der Waals surface area (Å²) in [5.74, 6) is 0.942. The Morgan fingerprint density at radius 2 is 2.00 bits per heavy atom. The number of benzene rings is 1. The molecule has 1 N–H and O–H groups in total. The fraction of sp³-hybridized carbons (Fsp3) is 0.600. The maximum atomic E-state index is 12.2. The molecule has 0 aromatic heterocycles. The molecule has 1 fully saturated rings. The highest BCUT2D eigenvalue weighted by Crippen LogP contribution is 2.17. The molecule has 1 aliphatic rings. The van der Waals surface area contributed by atoms with E-state index in [0.717, 1.165) is 11.3 Å². The number of hydrogen-bond donors (Lipinski definition) is 1. The predicted molar refractivity (Wildman–Crippen MR) is 85.5 cm³/mol. The van der Waals surface area contributed by atoms with E-state index in [0.29, 0.717) is 46.0 Å². The van der Waals surface area contributed by atoms with Gasteiger partial charge in [0.2, 0.25) is 10.0 Å².